The van der Waals surface area contributed by atoms with Gasteiger partial charge in [0, 0.05) is 17.4 Å². The third-order valence-electron chi connectivity index (χ3n) is 2.00. The molecule has 0 spiro atoms. The summed E-state index contributed by atoms with van der Waals surface area (Å²) in [7, 11) is 0. The summed E-state index contributed by atoms with van der Waals surface area (Å²) in [6.07, 6.45) is 0. The fourth-order valence-corrected chi connectivity index (χ4v) is 1.44. The Labute approximate surface area is 75.6 Å². The number of fused-ring (bicyclic) bond motifs is 1. The fourth-order valence-electron chi connectivity index (χ4n) is 1.44. The van der Waals surface area contributed by atoms with Gasteiger partial charge in [-0.3, -0.25) is 5.11 Å². The summed E-state index contributed by atoms with van der Waals surface area (Å²) in [5.74, 6) is -0.117. The van der Waals surface area contributed by atoms with E-state index in [4.69, 9.17) is 11.5 Å². The molecule has 2 aromatic rings. The van der Waals surface area contributed by atoms with Crippen LogP contribution in [0.25, 0.3) is 10.8 Å². The average molecular weight is 173 g/mol. The van der Waals surface area contributed by atoms with E-state index < -0.39 is 0 Å². The van der Waals surface area contributed by atoms with Crippen LogP contribution in [0.4, 0.5) is 11.4 Å². The maximum absolute atomic E-state index is 11.5. The van der Waals surface area contributed by atoms with Gasteiger partial charge in [0.05, 0.1) is 5.39 Å². The lowest BCUT2D eigenvalue weighted by molar-refractivity contribution is 0.360. The highest BCUT2D eigenvalue weighted by Gasteiger charge is 2.05. The van der Waals surface area contributed by atoms with Crippen LogP contribution >= 0.6 is 0 Å². The van der Waals surface area contributed by atoms with E-state index in [0.717, 1.165) is 5.39 Å². The summed E-state index contributed by atoms with van der Waals surface area (Å²) in [6, 6.07) is 8.46. The molecule has 13 heavy (non-hydrogen) atoms. The third-order valence-corrected chi connectivity index (χ3v) is 2.00. The molecule has 65 valence electrons. The van der Waals surface area contributed by atoms with E-state index in [-0.39, 0.29) is 5.75 Å². The molecule has 0 fully saturated rings. The predicted octanol–water partition coefficient (Wildman–Crippen LogP) is 2.15. The van der Waals surface area contributed by atoms with Crippen LogP contribution in [0.5, 0.6) is 5.75 Å². The SMILES string of the molecule is Nc1cc([O])c2c(N)cccc2c1. The van der Waals surface area contributed by atoms with Gasteiger partial charge in [-0.25, -0.2) is 0 Å². The van der Waals surface area contributed by atoms with E-state index >= 15 is 0 Å². The van der Waals surface area contributed by atoms with Gasteiger partial charge in [0.15, 0.2) is 5.75 Å². The van der Waals surface area contributed by atoms with Crippen LogP contribution in [-0.4, -0.2) is 0 Å². The number of rotatable bonds is 0. The first-order valence-corrected chi connectivity index (χ1v) is 3.93. The molecule has 0 aliphatic heterocycles. The lowest BCUT2D eigenvalue weighted by atomic mass is 10.1. The molecular weight excluding hydrogens is 164 g/mol. The van der Waals surface area contributed by atoms with Crippen molar-refractivity contribution in [1.29, 1.82) is 0 Å². The van der Waals surface area contributed by atoms with Crippen LogP contribution in [0.3, 0.4) is 0 Å². The second-order valence-corrected chi connectivity index (χ2v) is 2.96. The quantitative estimate of drug-likeness (QED) is 0.599. The molecule has 0 unspecified atom stereocenters. The van der Waals surface area contributed by atoms with E-state index in [1.165, 1.54) is 6.07 Å². The first-order valence-electron chi connectivity index (χ1n) is 3.93. The minimum absolute atomic E-state index is 0.117. The number of hydrogen-bond donors (Lipinski definition) is 2. The van der Waals surface area contributed by atoms with E-state index in [2.05, 4.69) is 0 Å². The Morgan fingerprint density at radius 3 is 2.62 bits per heavy atom. The number of anilines is 2. The van der Waals surface area contributed by atoms with Crippen molar-refractivity contribution < 1.29 is 5.11 Å². The summed E-state index contributed by atoms with van der Waals surface area (Å²) in [5, 5.41) is 12.8. The number of nitrogens with two attached hydrogens (primary N) is 2. The van der Waals surface area contributed by atoms with Gasteiger partial charge in [-0.1, -0.05) is 12.1 Å². The van der Waals surface area contributed by atoms with Gasteiger partial charge in [0.2, 0.25) is 0 Å². The Balaban J connectivity index is 2.94. The first-order chi connectivity index (χ1) is 6.18. The Bertz CT molecular complexity index is 466. The number of nitrogen functional groups attached to an aromatic ring is 2. The zero-order valence-electron chi connectivity index (χ0n) is 6.95. The summed E-state index contributed by atoms with van der Waals surface area (Å²) in [5.41, 5.74) is 12.2. The summed E-state index contributed by atoms with van der Waals surface area (Å²) in [4.78, 5) is 0. The molecule has 2 rings (SSSR count). The predicted molar refractivity (Wildman–Crippen MR) is 52.9 cm³/mol. The molecule has 4 N–H and O–H groups in total. The highest BCUT2D eigenvalue weighted by atomic mass is 16.3. The van der Waals surface area contributed by atoms with Crippen molar-refractivity contribution in [3.63, 3.8) is 0 Å². The van der Waals surface area contributed by atoms with Crippen molar-refractivity contribution in [3.05, 3.63) is 30.3 Å². The zero-order chi connectivity index (χ0) is 9.42. The van der Waals surface area contributed by atoms with Crippen molar-refractivity contribution in [1.82, 2.24) is 0 Å². The highest BCUT2D eigenvalue weighted by molar-refractivity contribution is 5.99. The van der Waals surface area contributed by atoms with Crippen molar-refractivity contribution in [2.75, 3.05) is 11.5 Å². The molecule has 0 amide bonds. The van der Waals surface area contributed by atoms with Crippen LogP contribution in [0, 0.1) is 0 Å². The van der Waals surface area contributed by atoms with Crippen LogP contribution in [-0.2, 0) is 5.11 Å². The van der Waals surface area contributed by atoms with Crippen molar-refractivity contribution in [3.8, 4) is 5.75 Å². The molecule has 0 bridgehead atoms. The monoisotopic (exact) mass is 173 g/mol. The van der Waals surface area contributed by atoms with E-state index in [1.807, 2.05) is 6.07 Å². The lowest BCUT2D eigenvalue weighted by Gasteiger charge is -2.03. The smallest absolute Gasteiger partial charge is 0.190 e. The number of hydrogen-bond acceptors (Lipinski definition) is 2. The Hall–Kier alpha value is -1.90. The molecule has 0 saturated carbocycles. The standard InChI is InChI=1S/C10H9N2O/c11-7-4-6-2-1-3-8(12)10(6)9(13)5-7/h1-5H,11-12H2. The van der Waals surface area contributed by atoms with Gasteiger partial charge in [0.1, 0.15) is 0 Å². The molecule has 3 nitrogen and oxygen atoms in total. The van der Waals surface area contributed by atoms with Gasteiger partial charge >= 0.3 is 0 Å². The normalized spacial score (nSPS) is 10.5. The first kappa shape index (κ1) is 7.73. The largest absolute Gasteiger partial charge is 0.399 e. The summed E-state index contributed by atoms with van der Waals surface area (Å²) < 4.78 is 0. The molecule has 0 heterocycles. The van der Waals surface area contributed by atoms with Gasteiger partial charge in [-0.05, 0) is 17.5 Å². The molecule has 0 aliphatic carbocycles. The van der Waals surface area contributed by atoms with E-state index in [9.17, 15) is 5.11 Å². The summed E-state index contributed by atoms with van der Waals surface area (Å²) >= 11 is 0. The molecular formula is C10H9N2O. The maximum atomic E-state index is 11.5. The molecule has 0 atom stereocenters. The maximum Gasteiger partial charge on any atom is 0.190 e. The summed E-state index contributed by atoms with van der Waals surface area (Å²) in [6.45, 7) is 0. The molecule has 2 aromatic carbocycles. The van der Waals surface area contributed by atoms with E-state index in [0.29, 0.717) is 16.8 Å². The Morgan fingerprint density at radius 1 is 1.08 bits per heavy atom. The fraction of sp³-hybridized carbons (Fsp3) is 0. The zero-order valence-corrected chi connectivity index (χ0v) is 6.95. The van der Waals surface area contributed by atoms with Gasteiger partial charge in [0.25, 0.3) is 0 Å². The molecule has 1 radical (unpaired) electrons. The van der Waals surface area contributed by atoms with Crippen LogP contribution in [0.2, 0.25) is 0 Å². The van der Waals surface area contributed by atoms with Gasteiger partial charge < -0.3 is 11.5 Å². The second kappa shape index (κ2) is 2.55. The minimum Gasteiger partial charge on any atom is -0.399 e. The Morgan fingerprint density at radius 2 is 1.85 bits per heavy atom. The second-order valence-electron chi connectivity index (χ2n) is 2.96. The van der Waals surface area contributed by atoms with Gasteiger partial charge in [-0.2, -0.15) is 0 Å². The van der Waals surface area contributed by atoms with Crippen molar-refractivity contribution in [2.24, 2.45) is 0 Å². The van der Waals surface area contributed by atoms with E-state index in [1.54, 1.807) is 18.2 Å². The Kier molecular flexibility index (Phi) is 1.52. The van der Waals surface area contributed by atoms with Crippen molar-refractivity contribution in [2.45, 2.75) is 0 Å². The van der Waals surface area contributed by atoms with Crippen LogP contribution in [0.15, 0.2) is 30.3 Å². The third kappa shape index (κ3) is 1.14. The van der Waals surface area contributed by atoms with Crippen molar-refractivity contribution >= 4 is 22.1 Å². The van der Waals surface area contributed by atoms with Crippen LogP contribution < -0.4 is 11.5 Å². The molecule has 0 aliphatic rings. The molecule has 3 heteroatoms. The number of benzene rings is 2. The minimum atomic E-state index is -0.117. The van der Waals surface area contributed by atoms with Crippen LogP contribution in [0.1, 0.15) is 0 Å². The molecule has 0 saturated heterocycles. The highest BCUT2D eigenvalue weighted by Crippen LogP contribution is 2.32. The molecule has 0 aromatic heterocycles. The average Bonchev–Trinajstić information content (AvgIpc) is 2.02. The van der Waals surface area contributed by atoms with Gasteiger partial charge in [-0.15, -0.1) is 0 Å². The lowest BCUT2D eigenvalue weighted by Crippen LogP contribution is -1.89. The topological polar surface area (TPSA) is 71.9 Å².